The molecule has 1 N–H and O–H groups in total. The summed E-state index contributed by atoms with van der Waals surface area (Å²) in [6, 6.07) is 3.90. The molecule has 0 saturated carbocycles. The molecule has 0 saturated heterocycles. The van der Waals surface area contributed by atoms with E-state index in [4.69, 9.17) is 0 Å². The first-order chi connectivity index (χ1) is 10.0. The van der Waals surface area contributed by atoms with Crippen molar-refractivity contribution in [2.24, 2.45) is 0 Å². The van der Waals surface area contributed by atoms with E-state index in [-0.39, 0.29) is 10.6 Å². The van der Waals surface area contributed by atoms with E-state index in [9.17, 15) is 10.1 Å². The van der Waals surface area contributed by atoms with E-state index >= 15 is 0 Å². The zero-order chi connectivity index (χ0) is 15.4. The molecule has 2 heterocycles. The zero-order valence-corrected chi connectivity index (χ0v) is 12.4. The van der Waals surface area contributed by atoms with Gasteiger partial charge in [-0.15, -0.1) is 0 Å². The Kier molecular flexibility index (Phi) is 4.59. The summed E-state index contributed by atoms with van der Waals surface area (Å²) in [5, 5.41) is 14.3. The molecule has 2 aromatic heterocycles. The third kappa shape index (κ3) is 3.41. The Morgan fingerprint density at radius 2 is 1.86 bits per heavy atom. The van der Waals surface area contributed by atoms with Crippen molar-refractivity contribution in [3.63, 3.8) is 0 Å². The largest absolute Gasteiger partial charge is 0.305 e. The monoisotopic (exact) mass is 286 g/mol. The second-order valence-corrected chi connectivity index (χ2v) is 4.99. The average molecular weight is 286 g/mol. The molecular weight excluding hydrogens is 268 g/mol. The molecule has 2 rings (SSSR count). The Labute approximate surface area is 123 Å². The first-order valence-electron chi connectivity index (χ1n) is 6.71. The molecule has 110 valence electrons. The molecular formula is C15H18N4O2. The summed E-state index contributed by atoms with van der Waals surface area (Å²) in [4.78, 5) is 19.3. The van der Waals surface area contributed by atoms with Crippen LogP contribution in [0.2, 0.25) is 0 Å². The number of aryl methyl sites for hydroxylation is 2. The van der Waals surface area contributed by atoms with Gasteiger partial charge in [-0.2, -0.15) is 0 Å². The maximum atomic E-state index is 11.1. The van der Waals surface area contributed by atoms with Crippen LogP contribution in [-0.4, -0.2) is 14.9 Å². The number of hydrogen-bond acceptors (Lipinski definition) is 5. The van der Waals surface area contributed by atoms with Gasteiger partial charge in [-0.25, -0.2) is 0 Å². The third-order valence-corrected chi connectivity index (χ3v) is 3.46. The number of rotatable bonds is 5. The number of nitrogens with zero attached hydrogens (tertiary/aromatic N) is 3. The molecule has 0 aliphatic heterocycles. The highest BCUT2D eigenvalue weighted by Gasteiger charge is 2.18. The Morgan fingerprint density at radius 3 is 2.52 bits per heavy atom. The van der Waals surface area contributed by atoms with Crippen LogP contribution in [-0.2, 0) is 13.1 Å². The summed E-state index contributed by atoms with van der Waals surface area (Å²) in [6.07, 6.45) is 3.30. The van der Waals surface area contributed by atoms with Gasteiger partial charge in [0.1, 0.15) is 0 Å². The standard InChI is InChI=1S/C15H18N4O2/c1-10-5-4-6-17-13(10)8-16-9-14-12(3)15(19(20)21)11(2)7-18-14/h4-7,16H,8-9H2,1-3H3. The van der Waals surface area contributed by atoms with Crippen molar-refractivity contribution in [2.45, 2.75) is 33.9 Å². The van der Waals surface area contributed by atoms with Gasteiger partial charge in [0.25, 0.3) is 5.69 Å². The second-order valence-electron chi connectivity index (χ2n) is 4.99. The van der Waals surface area contributed by atoms with E-state index in [0.717, 1.165) is 11.3 Å². The Morgan fingerprint density at radius 1 is 1.14 bits per heavy atom. The normalized spacial score (nSPS) is 10.6. The molecule has 0 fully saturated rings. The number of aromatic nitrogens is 2. The lowest BCUT2D eigenvalue weighted by atomic mass is 10.1. The van der Waals surface area contributed by atoms with E-state index in [2.05, 4.69) is 15.3 Å². The highest BCUT2D eigenvalue weighted by atomic mass is 16.6. The lowest BCUT2D eigenvalue weighted by Gasteiger charge is -2.09. The van der Waals surface area contributed by atoms with Crippen LogP contribution < -0.4 is 5.32 Å². The molecule has 0 atom stereocenters. The summed E-state index contributed by atoms with van der Waals surface area (Å²) >= 11 is 0. The minimum absolute atomic E-state index is 0.149. The van der Waals surface area contributed by atoms with Crippen LogP contribution in [0.1, 0.15) is 28.1 Å². The lowest BCUT2D eigenvalue weighted by molar-refractivity contribution is -0.386. The molecule has 0 bridgehead atoms. The van der Waals surface area contributed by atoms with E-state index in [1.165, 1.54) is 0 Å². The van der Waals surface area contributed by atoms with Gasteiger partial charge in [-0.05, 0) is 32.4 Å². The van der Waals surface area contributed by atoms with Gasteiger partial charge in [0, 0.05) is 36.6 Å². The molecule has 0 amide bonds. The van der Waals surface area contributed by atoms with E-state index in [1.807, 2.05) is 19.1 Å². The van der Waals surface area contributed by atoms with Crippen LogP contribution in [0.15, 0.2) is 24.5 Å². The van der Waals surface area contributed by atoms with Gasteiger partial charge in [-0.3, -0.25) is 20.1 Å². The minimum Gasteiger partial charge on any atom is -0.305 e. The van der Waals surface area contributed by atoms with Crippen LogP contribution in [0.3, 0.4) is 0 Å². The molecule has 21 heavy (non-hydrogen) atoms. The Hall–Kier alpha value is -2.34. The van der Waals surface area contributed by atoms with Crippen molar-refractivity contribution in [1.29, 1.82) is 0 Å². The molecule has 0 aromatic carbocycles. The van der Waals surface area contributed by atoms with Crippen molar-refractivity contribution < 1.29 is 4.92 Å². The minimum atomic E-state index is -0.348. The van der Waals surface area contributed by atoms with Crippen molar-refractivity contribution in [2.75, 3.05) is 0 Å². The highest BCUT2D eigenvalue weighted by molar-refractivity contribution is 5.47. The molecule has 6 nitrogen and oxygen atoms in total. The predicted molar refractivity (Wildman–Crippen MR) is 79.9 cm³/mol. The molecule has 0 spiro atoms. The summed E-state index contributed by atoms with van der Waals surface area (Å²) in [5.74, 6) is 0. The smallest absolute Gasteiger partial charge is 0.278 e. The van der Waals surface area contributed by atoms with Gasteiger partial charge in [0.2, 0.25) is 0 Å². The predicted octanol–water partition coefficient (Wildman–Crippen LogP) is 2.60. The Balaban J connectivity index is 2.09. The fourth-order valence-corrected chi connectivity index (χ4v) is 2.23. The molecule has 0 radical (unpaired) electrons. The summed E-state index contributed by atoms with van der Waals surface area (Å²) < 4.78 is 0. The fourth-order valence-electron chi connectivity index (χ4n) is 2.23. The number of nitro groups is 1. The van der Waals surface area contributed by atoms with Crippen LogP contribution >= 0.6 is 0 Å². The van der Waals surface area contributed by atoms with Crippen molar-refractivity contribution in [3.05, 3.63) is 62.7 Å². The second kappa shape index (κ2) is 6.41. The maximum Gasteiger partial charge on any atom is 0.278 e. The van der Waals surface area contributed by atoms with Crippen LogP contribution in [0.4, 0.5) is 5.69 Å². The topological polar surface area (TPSA) is 81.0 Å². The quantitative estimate of drug-likeness (QED) is 0.675. The first kappa shape index (κ1) is 15.1. The first-order valence-corrected chi connectivity index (χ1v) is 6.71. The van der Waals surface area contributed by atoms with Gasteiger partial charge >= 0.3 is 0 Å². The number of nitrogens with one attached hydrogen (secondary N) is 1. The van der Waals surface area contributed by atoms with Gasteiger partial charge in [0.05, 0.1) is 16.3 Å². The van der Waals surface area contributed by atoms with Crippen molar-refractivity contribution in [3.8, 4) is 0 Å². The Bertz CT molecular complexity index is 671. The average Bonchev–Trinajstić information content (AvgIpc) is 2.43. The summed E-state index contributed by atoms with van der Waals surface area (Å²) in [5.41, 5.74) is 4.13. The molecule has 0 aliphatic rings. The summed E-state index contributed by atoms with van der Waals surface area (Å²) in [7, 11) is 0. The van der Waals surface area contributed by atoms with Crippen molar-refractivity contribution in [1.82, 2.24) is 15.3 Å². The molecule has 6 heteroatoms. The number of hydrogen-bond donors (Lipinski definition) is 1. The van der Waals surface area contributed by atoms with E-state index in [0.29, 0.717) is 29.9 Å². The van der Waals surface area contributed by atoms with Crippen LogP contribution in [0.5, 0.6) is 0 Å². The maximum absolute atomic E-state index is 11.1. The molecule has 0 aliphatic carbocycles. The number of pyridine rings is 2. The van der Waals surface area contributed by atoms with E-state index in [1.54, 1.807) is 26.2 Å². The zero-order valence-electron chi connectivity index (χ0n) is 12.4. The summed E-state index contributed by atoms with van der Waals surface area (Å²) in [6.45, 7) is 6.52. The van der Waals surface area contributed by atoms with Crippen LogP contribution in [0, 0.1) is 30.9 Å². The molecule has 2 aromatic rings. The fraction of sp³-hybridized carbons (Fsp3) is 0.333. The lowest BCUT2D eigenvalue weighted by Crippen LogP contribution is -2.17. The van der Waals surface area contributed by atoms with Gasteiger partial charge < -0.3 is 5.32 Å². The SMILES string of the molecule is Cc1cccnc1CNCc1ncc(C)c([N+](=O)[O-])c1C. The highest BCUT2D eigenvalue weighted by Crippen LogP contribution is 2.23. The van der Waals surface area contributed by atoms with Gasteiger partial charge in [-0.1, -0.05) is 6.07 Å². The van der Waals surface area contributed by atoms with Gasteiger partial charge in [0.15, 0.2) is 0 Å². The van der Waals surface area contributed by atoms with Crippen molar-refractivity contribution >= 4 is 5.69 Å². The van der Waals surface area contributed by atoms with E-state index < -0.39 is 0 Å². The van der Waals surface area contributed by atoms with Crippen LogP contribution in [0.25, 0.3) is 0 Å². The molecule has 0 unspecified atom stereocenters. The third-order valence-electron chi connectivity index (χ3n) is 3.46.